The van der Waals surface area contributed by atoms with Gasteiger partial charge in [-0.3, -0.25) is 10.1 Å². The Bertz CT molecular complexity index is 616. The Balaban J connectivity index is 3.04. The number of hydrogen-bond donors (Lipinski definition) is 1. The lowest BCUT2D eigenvalue weighted by atomic mass is 10.2. The van der Waals surface area contributed by atoms with Gasteiger partial charge in [0.1, 0.15) is 5.69 Å². The number of nitrogens with two attached hydrogens (primary N) is 1. The topological polar surface area (TPSA) is 110 Å². The minimum absolute atomic E-state index is 0.264. The molecule has 8 nitrogen and oxygen atoms in total. The van der Waals surface area contributed by atoms with Gasteiger partial charge < -0.3 is 9.80 Å². The van der Waals surface area contributed by atoms with Gasteiger partial charge in [0, 0.05) is 19.7 Å². The molecule has 0 heterocycles. The molecule has 0 unspecified atom stereocenters. The van der Waals surface area contributed by atoms with Gasteiger partial charge >= 0.3 is 0 Å². The van der Waals surface area contributed by atoms with E-state index in [9.17, 15) is 18.5 Å². The summed E-state index contributed by atoms with van der Waals surface area (Å²) in [4.78, 5) is 14.0. The Kier molecular flexibility index (Phi) is 5.64. The molecular weight excluding hydrogens is 296 g/mol. The van der Waals surface area contributed by atoms with E-state index in [0.29, 0.717) is 12.2 Å². The average Bonchev–Trinajstić information content (AvgIpc) is 2.36. The summed E-state index contributed by atoms with van der Waals surface area (Å²) in [6.45, 7) is 1.47. The van der Waals surface area contributed by atoms with Crippen LogP contribution in [0.15, 0.2) is 23.1 Å². The fraction of sp³-hybridized carbons (Fsp3) is 0.500. The van der Waals surface area contributed by atoms with Gasteiger partial charge in [-0.05, 0) is 39.2 Å². The van der Waals surface area contributed by atoms with E-state index in [4.69, 9.17) is 5.14 Å². The molecule has 0 fully saturated rings. The summed E-state index contributed by atoms with van der Waals surface area (Å²) in [6.07, 6.45) is 0.831. The Morgan fingerprint density at radius 3 is 2.33 bits per heavy atom. The standard InChI is InChI=1S/C12H20N4O4S/c1-14(2)7-4-8-15(3)11-6-5-10(21(13,19)20)9-12(11)16(17)18/h5-6,9H,4,7-8H2,1-3H3,(H2,13,19,20). The Morgan fingerprint density at radius 2 is 1.86 bits per heavy atom. The summed E-state index contributed by atoms with van der Waals surface area (Å²) in [5, 5.41) is 16.1. The van der Waals surface area contributed by atoms with Crippen molar-refractivity contribution in [3.05, 3.63) is 28.3 Å². The normalized spacial score (nSPS) is 11.7. The lowest BCUT2D eigenvalue weighted by Crippen LogP contribution is -2.24. The monoisotopic (exact) mass is 316 g/mol. The van der Waals surface area contributed by atoms with Gasteiger partial charge in [0.25, 0.3) is 5.69 Å². The second kappa shape index (κ2) is 6.83. The van der Waals surface area contributed by atoms with Gasteiger partial charge in [-0.1, -0.05) is 0 Å². The van der Waals surface area contributed by atoms with E-state index in [-0.39, 0.29) is 10.6 Å². The second-order valence-corrected chi connectivity index (χ2v) is 6.59. The molecule has 0 aliphatic rings. The highest BCUT2D eigenvalue weighted by molar-refractivity contribution is 7.89. The molecular formula is C12H20N4O4S. The molecule has 0 aliphatic carbocycles. The molecule has 0 spiro atoms. The molecule has 0 radical (unpaired) electrons. The zero-order chi connectivity index (χ0) is 16.2. The highest BCUT2D eigenvalue weighted by Gasteiger charge is 2.21. The summed E-state index contributed by atoms with van der Waals surface area (Å²) in [6, 6.07) is 3.68. The van der Waals surface area contributed by atoms with E-state index in [1.54, 1.807) is 11.9 Å². The van der Waals surface area contributed by atoms with Crippen LogP contribution in [-0.2, 0) is 10.0 Å². The zero-order valence-electron chi connectivity index (χ0n) is 12.3. The van der Waals surface area contributed by atoms with Crippen LogP contribution in [0.4, 0.5) is 11.4 Å². The molecule has 0 bridgehead atoms. The van der Waals surface area contributed by atoms with Crippen molar-refractivity contribution in [3.63, 3.8) is 0 Å². The van der Waals surface area contributed by atoms with Gasteiger partial charge in [0.05, 0.1) is 9.82 Å². The number of rotatable bonds is 7. The van der Waals surface area contributed by atoms with Gasteiger partial charge in [-0.2, -0.15) is 0 Å². The number of nitro benzene ring substituents is 1. The summed E-state index contributed by atoms with van der Waals surface area (Å²) in [5.41, 5.74) is 0.0973. The molecule has 0 aromatic heterocycles. The van der Waals surface area contributed by atoms with Crippen LogP contribution in [0.1, 0.15) is 6.42 Å². The van der Waals surface area contributed by atoms with Crippen molar-refractivity contribution in [2.24, 2.45) is 5.14 Å². The van der Waals surface area contributed by atoms with E-state index >= 15 is 0 Å². The lowest BCUT2D eigenvalue weighted by molar-refractivity contribution is -0.384. The van der Waals surface area contributed by atoms with Crippen LogP contribution >= 0.6 is 0 Å². The molecule has 0 aliphatic heterocycles. The van der Waals surface area contributed by atoms with E-state index in [2.05, 4.69) is 0 Å². The van der Waals surface area contributed by atoms with Gasteiger partial charge in [0.2, 0.25) is 10.0 Å². The van der Waals surface area contributed by atoms with Crippen molar-refractivity contribution in [3.8, 4) is 0 Å². The number of anilines is 1. The number of nitrogens with zero attached hydrogens (tertiary/aromatic N) is 3. The van der Waals surface area contributed by atoms with Crippen molar-refractivity contribution in [2.45, 2.75) is 11.3 Å². The quantitative estimate of drug-likeness (QED) is 0.583. The van der Waals surface area contributed by atoms with Crippen LogP contribution in [0, 0.1) is 10.1 Å². The number of primary sulfonamides is 1. The first kappa shape index (κ1) is 17.3. The maximum Gasteiger partial charge on any atom is 0.293 e. The Morgan fingerprint density at radius 1 is 1.24 bits per heavy atom. The summed E-state index contributed by atoms with van der Waals surface area (Å²) >= 11 is 0. The molecule has 9 heteroatoms. The number of nitro groups is 1. The molecule has 2 N–H and O–H groups in total. The third-order valence-electron chi connectivity index (χ3n) is 2.98. The highest BCUT2D eigenvalue weighted by atomic mass is 32.2. The maximum atomic E-state index is 11.3. The van der Waals surface area contributed by atoms with Gasteiger partial charge in [0.15, 0.2) is 0 Å². The van der Waals surface area contributed by atoms with Crippen LogP contribution in [0.5, 0.6) is 0 Å². The van der Waals surface area contributed by atoms with Crippen molar-refractivity contribution >= 4 is 21.4 Å². The van der Waals surface area contributed by atoms with E-state index in [0.717, 1.165) is 19.0 Å². The van der Waals surface area contributed by atoms with Crippen LogP contribution in [0.25, 0.3) is 0 Å². The zero-order valence-corrected chi connectivity index (χ0v) is 13.1. The third-order valence-corrected chi connectivity index (χ3v) is 3.89. The molecule has 0 saturated heterocycles. The van der Waals surface area contributed by atoms with E-state index in [1.807, 2.05) is 19.0 Å². The van der Waals surface area contributed by atoms with Crippen LogP contribution in [0.3, 0.4) is 0 Å². The first-order valence-corrected chi connectivity index (χ1v) is 7.84. The number of hydrogen-bond acceptors (Lipinski definition) is 6. The molecule has 118 valence electrons. The fourth-order valence-corrected chi connectivity index (χ4v) is 2.43. The van der Waals surface area contributed by atoms with Crippen molar-refractivity contribution in [1.82, 2.24) is 4.90 Å². The van der Waals surface area contributed by atoms with Crippen molar-refractivity contribution < 1.29 is 13.3 Å². The van der Waals surface area contributed by atoms with Crippen LogP contribution < -0.4 is 10.0 Å². The predicted molar refractivity (Wildman–Crippen MR) is 80.9 cm³/mol. The number of benzene rings is 1. The van der Waals surface area contributed by atoms with Gasteiger partial charge in [-0.25, -0.2) is 13.6 Å². The molecule has 0 amide bonds. The molecule has 0 atom stereocenters. The summed E-state index contributed by atoms with van der Waals surface area (Å²) in [5.74, 6) is 0. The van der Waals surface area contributed by atoms with Crippen LogP contribution in [0.2, 0.25) is 0 Å². The van der Waals surface area contributed by atoms with Crippen LogP contribution in [-0.4, -0.2) is 52.5 Å². The fourth-order valence-electron chi connectivity index (χ4n) is 1.89. The van der Waals surface area contributed by atoms with E-state index in [1.165, 1.54) is 12.1 Å². The molecule has 1 aromatic rings. The minimum Gasteiger partial charge on any atom is -0.369 e. The van der Waals surface area contributed by atoms with E-state index < -0.39 is 14.9 Å². The third kappa shape index (κ3) is 4.96. The highest BCUT2D eigenvalue weighted by Crippen LogP contribution is 2.29. The molecule has 0 saturated carbocycles. The first-order chi connectivity index (χ1) is 9.62. The SMILES string of the molecule is CN(C)CCCN(C)c1ccc(S(N)(=O)=O)cc1[N+](=O)[O-]. The number of sulfonamides is 1. The smallest absolute Gasteiger partial charge is 0.293 e. The molecule has 1 aromatic carbocycles. The second-order valence-electron chi connectivity index (χ2n) is 5.03. The van der Waals surface area contributed by atoms with Crippen molar-refractivity contribution in [2.75, 3.05) is 39.1 Å². The Hall–Kier alpha value is -1.71. The molecule has 1 rings (SSSR count). The molecule has 21 heavy (non-hydrogen) atoms. The van der Waals surface area contributed by atoms with Crippen molar-refractivity contribution in [1.29, 1.82) is 0 Å². The predicted octanol–water partition coefficient (Wildman–Crippen LogP) is 0.630. The summed E-state index contributed by atoms with van der Waals surface area (Å²) < 4.78 is 22.5. The summed E-state index contributed by atoms with van der Waals surface area (Å²) in [7, 11) is 1.67. The average molecular weight is 316 g/mol. The first-order valence-electron chi connectivity index (χ1n) is 6.30. The minimum atomic E-state index is -3.96. The largest absolute Gasteiger partial charge is 0.369 e. The Labute approximate surface area is 124 Å². The van der Waals surface area contributed by atoms with Gasteiger partial charge in [-0.15, -0.1) is 0 Å². The maximum absolute atomic E-state index is 11.3. The lowest BCUT2D eigenvalue weighted by Gasteiger charge is -2.20.